The summed E-state index contributed by atoms with van der Waals surface area (Å²) < 4.78 is 6.89. The predicted octanol–water partition coefficient (Wildman–Crippen LogP) is 2.88. The van der Waals surface area contributed by atoms with Gasteiger partial charge >= 0.3 is 0 Å². The van der Waals surface area contributed by atoms with Crippen LogP contribution in [0.25, 0.3) is 0 Å². The Morgan fingerprint density at radius 1 is 1.47 bits per heavy atom. The molecule has 1 unspecified atom stereocenters. The number of hydrogen-bond donors (Lipinski definition) is 1. The van der Waals surface area contributed by atoms with Crippen molar-refractivity contribution in [3.63, 3.8) is 0 Å². The molecule has 0 bridgehead atoms. The Morgan fingerprint density at radius 2 is 2.27 bits per heavy atom. The van der Waals surface area contributed by atoms with Crippen LogP contribution in [0.4, 0.5) is 0 Å². The first-order valence-electron chi connectivity index (χ1n) is 5.36. The van der Waals surface area contributed by atoms with E-state index in [-0.39, 0.29) is 6.10 Å². The molecule has 1 aromatic rings. The summed E-state index contributed by atoms with van der Waals surface area (Å²) in [6.45, 7) is 1.40. The van der Waals surface area contributed by atoms with E-state index >= 15 is 0 Å². The van der Waals surface area contributed by atoms with Crippen molar-refractivity contribution in [1.82, 2.24) is 0 Å². The zero-order valence-corrected chi connectivity index (χ0v) is 10.2. The van der Waals surface area contributed by atoms with Crippen LogP contribution in [0, 0.1) is 5.92 Å². The molecular formula is C12H16BrNO. The van der Waals surface area contributed by atoms with Crippen molar-refractivity contribution < 1.29 is 4.74 Å². The summed E-state index contributed by atoms with van der Waals surface area (Å²) >= 11 is 3.46. The molecule has 1 aliphatic carbocycles. The Labute approximate surface area is 98.9 Å². The van der Waals surface area contributed by atoms with Crippen LogP contribution in [0.5, 0.6) is 0 Å². The number of nitrogens with two attached hydrogens (primary N) is 1. The lowest BCUT2D eigenvalue weighted by atomic mass is 10.1. The highest BCUT2D eigenvalue weighted by atomic mass is 79.9. The van der Waals surface area contributed by atoms with Crippen molar-refractivity contribution in [2.24, 2.45) is 11.7 Å². The summed E-state index contributed by atoms with van der Waals surface area (Å²) in [5.74, 6) is 0.784. The number of ether oxygens (including phenoxy) is 1. The summed E-state index contributed by atoms with van der Waals surface area (Å²) in [7, 11) is 0. The highest BCUT2D eigenvalue weighted by Gasteiger charge is 2.23. The van der Waals surface area contributed by atoms with Gasteiger partial charge in [-0.2, -0.15) is 0 Å². The minimum Gasteiger partial charge on any atom is -0.372 e. The fourth-order valence-electron chi connectivity index (χ4n) is 1.54. The molecule has 1 atom stereocenters. The molecular weight excluding hydrogens is 254 g/mol. The van der Waals surface area contributed by atoms with Crippen LogP contribution in [0.15, 0.2) is 28.7 Å². The van der Waals surface area contributed by atoms with E-state index in [0.29, 0.717) is 6.54 Å². The second-order valence-corrected chi connectivity index (χ2v) is 4.97. The van der Waals surface area contributed by atoms with Crippen molar-refractivity contribution in [2.75, 3.05) is 13.2 Å². The monoisotopic (exact) mass is 269 g/mol. The summed E-state index contributed by atoms with van der Waals surface area (Å²) in [5.41, 5.74) is 6.88. The van der Waals surface area contributed by atoms with Crippen LogP contribution in [0.2, 0.25) is 0 Å². The van der Waals surface area contributed by atoms with Gasteiger partial charge in [0.05, 0.1) is 12.7 Å². The third kappa shape index (κ3) is 3.30. The smallest absolute Gasteiger partial charge is 0.0947 e. The summed E-state index contributed by atoms with van der Waals surface area (Å²) in [6, 6.07) is 8.17. The van der Waals surface area contributed by atoms with E-state index in [0.717, 1.165) is 22.6 Å². The molecule has 0 radical (unpaired) electrons. The van der Waals surface area contributed by atoms with Crippen LogP contribution in [0.3, 0.4) is 0 Å². The topological polar surface area (TPSA) is 35.2 Å². The molecule has 0 aromatic heterocycles. The molecule has 2 nitrogen and oxygen atoms in total. The van der Waals surface area contributed by atoms with Crippen LogP contribution < -0.4 is 5.73 Å². The average Bonchev–Trinajstić information content (AvgIpc) is 3.03. The van der Waals surface area contributed by atoms with Crippen LogP contribution >= 0.6 is 15.9 Å². The zero-order chi connectivity index (χ0) is 10.7. The second-order valence-electron chi connectivity index (χ2n) is 4.06. The summed E-state index contributed by atoms with van der Waals surface area (Å²) in [5, 5.41) is 0. The van der Waals surface area contributed by atoms with Gasteiger partial charge in [-0.15, -0.1) is 0 Å². The van der Waals surface area contributed by atoms with Gasteiger partial charge in [-0.1, -0.05) is 28.1 Å². The van der Waals surface area contributed by atoms with E-state index in [2.05, 4.69) is 28.1 Å². The van der Waals surface area contributed by atoms with Gasteiger partial charge in [0.25, 0.3) is 0 Å². The van der Waals surface area contributed by atoms with Crippen molar-refractivity contribution in [1.29, 1.82) is 0 Å². The highest BCUT2D eigenvalue weighted by molar-refractivity contribution is 9.10. The maximum Gasteiger partial charge on any atom is 0.0947 e. The van der Waals surface area contributed by atoms with Crippen molar-refractivity contribution in [2.45, 2.75) is 18.9 Å². The zero-order valence-electron chi connectivity index (χ0n) is 8.66. The molecule has 1 aliphatic rings. The molecule has 3 heteroatoms. The van der Waals surface area contributed by atoms with Crippen LogP contribution in [0.1, 0.15) is 24.5 Å². The lowest BCUT2D eigenvalue weighted by molar-refractivity contribution is 0.0510. The molecule has 15 heavy (non-hydrogen) atoms. The van der Waals surface area contributed by atoms with Gasteiger partial charge in [-0.25, -0.2) is 0 Å². The largest absolute Gasteiger partial charge is 0.372 e. The predicted molar refractivity (Wildman–Crippen MR) is 64.6 cm³/mol. The van der Waals surface area contributed by atoms with Crippen molar-refractivity contribution >= 4 is 15.9 Å². The lowest BCUT2D eigenvalue weighted by Crippen LogP contribution is -2.17. The van der Waals surface area contributed by atoms with Gasteiger partial charge in [0.15, 0.2) is 0 Å². The lowest BCUT2D eigenvalue weighted by Gasteiger charge is -2.16. The van der Waals surface area contributed by atoms with E-state index in [1.807, 2.05) is 12.1 Å². The first kappa shape index (κ1) is 11.1. The molecule has 2 N–H and O–H groups in total. The minimum atomic E-state index is 0.0445. The van der Waals surface area contributed by atoms with Crippen molar-refractivity contribution in [3.05, 3.63) is 34.3 Å². The van der Waals surface area contributed by atoms with Gasteiger partial charge < -0.3 is 10.5 Å². The maximum absolute atomic E-state index is 5.81. The molecule has 0 aliphatic heterocycles. The van der Waals surface area contributed by atoms with Gasteiger partial charge in [-0.3, -0.25) is 0 Å². The van der Waals surface area contributed by atoms with Gasteiger partial charge in [0.2, 0.25) is 0 Å². The molecule has 1 aromatic carbocycles. The van der Waals surface area contributed by atoms with E-state index in [1.54, 1.807) is 0 Å². The SMILES string of the molecule is NCC(OCC1CC1)c1cccc(Br)c1. The minimum absolute atomic E-state index is 0.0445. The van der Waals surface area contributed by atoms with Gasteiger partial charge in [0, 0.05) is 11.0 Å². The number of halogens is 1. The molecule has 0 heterocycles. The number of hydrogen-bond acceptors (Lipinski definition) is 2. The van der Waals surface area contributed by atoms with Gasteiger partial charge in [-0.05, 0) is 36.5 Å². The third-order valence-electron chi connectivity index (χ3n) is 2.66. The van der Waals surface area contributed by atoms with Gasteiger partial charge in [0.1, 0.15) is 0 Å². The average molecular weight is 270 g/mol. The summed E-state index contributed by atoms with van der Waals surface area (Å²) in [4.78, 5) is 0. The van der Waals surface area contributed by atoms with Crippen molar-refractivity contribution in [3.8, 4) is 0 Å². The molecule has 2 rings (SSSR count). The third-order valence-corrected chi connectivity index (χ3v) is 3.16. The standard InChI is InChI=1S/C12H16BrNO/c13-11-3-1-2-10(6-11)12(7-14)15-8-9-4-5-9/h1-3,6,9,12H,4-5,7-8,14H2. The molecule has 1 saturated carbocycles. The highest BCUT2D eigenvalue weighted by Crippen LogP contribution is 2.31. The maximum atomic E-state index is 5.81. The molecule has 82 valence electrons. The van der Waals surface area contributed by atoms with Crippen LogP contribution in [-0.4, -0.2) is 13.2 Å². The Hall–Kier alpha value is -0.380. The Kier molecular flexibility index (Phi) is 3.78. The molecule has 0 amide bonds. The Balaban J connectivity index is 1.97. The number of benzene rings is 1. The first-order chi connectivity index (χ1) is 7.29. The number of rotatable bonds is 5. The second kappa shape index (κ2) is 5.10. The van der Waals surface area contributed by atoms with E-state index in [1.165, 1.54) is 12.8 Å². The Morgan fingerprint density at radius 3 is 2.87 bits per heavy atom. The molecule has 0 spiro atoms. The first-order valence-corrected chi connectivity index (χ1v) is 6.16. The molecule has 1 fully saturated rings. The van der Waals surface area contributed by atoms with E-state index < -0.39 is 0 Å². The van der Waals surface area contributed by atoms with Crippen LogP contribution in [-0.2, 0) is 4.74 Å². The Bertz CT molecular complexity index is 325. The quantitative estimate of drug-likeness (QED) is 0.892. The van der Waals surface area contributed by atoms with E-state index in [9.17, 15) is 0 Å². The summed E-state index contributed by atoms with van der Waals surface area (Å²) in [6.07, 6.45) is 2.68. The van der Waals surface area contributed by atoms with E-state index in [4.69, 9.17) is 10.5 Å². The molecule has 0 saturated heterocycles. The normalized spacial score (nSPS) is 17.7. The fourth-order valence-corrected chi connectivity index (χ4v) is 1.96. The fraction of sp³-hybridized carbons (Fsp3) is 0.500.